The van der Waals surface area contributed by atoms with Gasteiger partial charge >= 0.3 is 0 Å². The number of nitrogens with zero attached hydrogens (tertiary/aromatic N) is 2. The molecule has 3 aromatic rings. The van der Waals surface area contributed by atoms with Gasteiger partial charge in [0, 0.05) is 18.6 Å². The fourth-order valence-electron chi connectivity index (χ4n) is 4.50. The lowest BCUT2D eigenvalue weighted by molar-refractivity contribution is 0.266. The van der Waals surface area contributed by atoms with Crippen LogP contribution in [0.25, 0.3) is 10.9 Å². The third-order valence-electron chi connectivity index (χ3n) is 6.86. The number of benzene rings is 2. The van der Waals surface area contributed by atoms with Crippen molar-refractivity contribution < 1.29 is 4.74 Å². The van der Waals surface area contributed by atoms with Crippen molar-refractivity contribution in [2.45, 2.75) is 100 Å². The van der Waals surface area contributed by atoms with Gasteiger partial charge in [-0.05, 0) is 125 Å². The van der Waals surface area contributed by atoms with Crippen molar-refractivity contribution in [2.75, 3.05) is 39.1 Å². The zero-order chi connectivity index (χ0) is 31.0. The maximum absolute atomic E-state index is 5.15. The topological polar surface area (TPSA) is 37.4 Å². The molecule has 0 aliphatic heterocycles. The van der Waals surface area contributed by atoms with E-state index in [1.54, 1.807) is 13.2 Å². The number of aromatic nitrogens is 1. The predicted octanol–water partition coefficient (Wildman–Crippen LogP) is 10.2. The number of fused-ring (bicyclic) bond motifs is 1. The van der Waals surface area contributed by atoms with E-state index in [1.165, 1.54) is 79.4 Å². The van der Waals surface area contributed by atoms with Crippen LogP contribution in [0.15, 0.2) is 55.3 Å². The summed E-state index contributed by atoms with van der Waals surface area (Å²) in [7, 11) is 3.56. The molecular formula is C37H61N3O. The van der Waals surface area contributed by atoms with Crippen LogP contribution in [0.4, 0.5) is 5.69 Å². The first-order valence-electron chi connectivity index (χ1n) is 15.8. The minimum Gasteiger partial charge on any atom is -0.495 e. The summed E-state index contributed by atoms with van der Waals surface area (Å²) in [4.78, 5) is 7.03. The smallest absolute Gasteiger partial charge is 0.142 e. The van der Waals surface area contributed by atoms with E-state index in [4.69, 9.17) is 4.74 Å². The predicted molar refractivity (Wildman–Crippen MR) is 185 cm³/mol. The van der Waals surface area contributed by atoms with E-state index < -0.39 is 0 Å². The number of pyridine rings is 1. The molecule has 4 heteroatoms. The molecule has 2 aromatic carbocycles. The van der Waals surface area contributed by atoms with Crippen molar-refractivity contribution in [3.63, 3.8) is 0 Å². The molecule has 0 amide bonds. The molecule has 0 fully saturated rings. The van der Waals surface area contributed by atoms with Crippen LogP contribution in [0, 0.1) is 13.8 Å². The largest absolute Gasteiger partial charge is 0.495 e. The number of rotatable bonds is 12. The van der Waals surface area contributed by atoms with E-state index in [0.717, 1.165) is 29.8 Å². The Morgan fingerprint density at radius 3 is 1.93 bits per heavy atom. The molecule has 0 spiro atoms. The molecule has 0 saturated heterocycles. The van der Waals surface area contributed by atoms with Crippen LogP contribution in [0.2, 0.25) is 0 Å². The van der Waals surface area contributed by atoms with Crippen LogP contribution in [0.5, 0.6) is 5.75 Å². The highest BCUT2D eigenvalue weighted by atomic mass is 16.5. The summed E-state index contributed by atoms with van der Waals surface area (Å²) in [5, 5.41) is 4.35. The molecule has 0 radical (unpaired) electrons. The molecule has 41 heavy (non-hydrogen) atoms. The maximum atomic E-state index is 5.15. The highest BCUT2D eigenvalue weighted by Crippen LogP contribution is 2.24. The Morgan fingerprint density at radius 2 is 1.44 bits per heavy atom. The molecule has 0 aliphatic rings. The zero-order valence-corrected chi connectivity index (χ0v) is 28.2. The molecule has 1 aromatic heterocycles. The van der Waals surface area contributed by atoms with Gasteiger partial charge in [-0.2, -0.15) is 0 Å². The Labute approximate surface area is 253 Å². The molecule has 1 N–H and O–H groups in total. The lowest BCUT2D eigenvalue weighted by atomic mass is 9.98. The normalized spacial score (nSPS) is 10.0. The molecule has 0 atom stereocenters. The van der Waals surface area contributed by atoms with Crippen LogP contribution in [0.1, 0.15) is 95.9 Å². The fraction of sp³-hybridized carbons (Fsp3) is 0.541. The van der Waals surface area contributed by atoms with Gasteiger partial charge in [0.2, 0.25) is 0 Å². The van der Waals surface area contributed by atoms with Crippen molar-refractivity contribution >= 4 is 16.6 Å². The van der Waals surface area contributed by atoms with Gasteiger partial charge < -0.3 is 15.0 Å². The van der Waals surface area contributed by atoms with Crippen LogP contribution in [-0.2, 0) is 12.8 Å². The van der Waals surface area contributed by atoms with Crippen molar-refractivity contribution in [3.05, 3.63) is 77.5 Å². The van der Waals surface area contributed by atoms with Gasteiger partial charge in [-0.1, -0.05) is 59.6 Å². The molecule has 0 unspecified atom stereocenters. The van der Waals surface area contributed by atoms with E-state index in [-0.39, 0.29) is 0 Å². The standard InChI is InChI=1S/C14H17N.C11H25N.C9H13NO.C3H6/c1-4-11-8-13-10(3)6-7-15-14(13)9-12(11)5-2;1-4-7-10-12(9-6-3)11-8-5-2;1-7-4-5-8(10-2)9(6-7)11-3;1-3-2/h6-9H,4-5H2,1-3H3;4-11H2,1-3H3;4-6,10H,1-3H3;3H,1H2,2H3. The zero-order valence-electron chi connectivity index (χ0n) is 28.2. The van der Waals surface area contributed by atoms with E-state index in [2.05, 4.69) is 81.5 Å². The van der Waals surface area contributed by atoms with Gasteiger partial charge in [0.05, 0.1) is 18.3 Å². The number of ether oxygens (including phenoxy) is 1. The molecule has 0 aliphatic carbocycles. The molecule has 0 bridgehead atoms. The van der Waals surface area contributed by atoms with Gasteiger partial charge in [-0.25, -0.2) is 0 Å². The summed E-state index contributed by atoms with van der Waals surface area (Å²) in [5.74, 6) is 0.896. The van der Waals surface area contributed by atoms with Crippen molar-refractivity contribution in [3.8, 4) is 5.75 Å². The van der Waals surface area contributed by atoms with Crippen LogP contribution in [-0.4, -0.2) is 43.7 Å². The maximum Gasteiger partial charge on any atom is 0.142 e. The summed E-state index contributed by atoms with van der Waals surface area (Å²) in [5.41, 5.74) is 7.57. The minimum absolute atomic E-state index is 0.896. The average Bonchev–Trinajstić information content (AvgIpc) is 2.99. The van der Waals surface area contributed by atoms with Crippen LogP contribution >= 0.6 is 0 Å². The van der Waals surface area contributed by atoms with E-state index in [0.29, 0.717) is 0 Å². The van der Waals surface area contributed by atoms with Crippen molar-refractivity contribution in [2.24, 2.45) is 0 Å². The van der Waals surface area contributed by atoms with Gasteiger partial charge in [0.25, 0.3) is 0 Å². The fourth-order valence-corrected chi connectivity index (χ4v) is 4.50. The monoisotopic (exact) mass is 563 g/mol. The summed E-state index contributed by atoms with van der Waals surface area (Å²) < 4.78 is 5.15. The number of methoxy groups -OCH3 is 1. The number of nitrogens with one attached hydrogen (secondary N) is 1. The van der Waals surface area contributed by atoms with Crippen LogP contribution in [0.3, 0.4) is 0 Å². The number of hydrogen-bond acceptors (Lipinski definition) is 4. The summed E-state index contributed by atoms with van der Waals surface area (Å²) in [6.07, 6.45) is 12.5. The lowest BCUT2D eigenvalue weighted by Gasteiger charge is -2.20. The van der Waals surface area contributed by atoms with E-state index >= 15 is 0 Å². The quantitative estimate of drug-likeness (QED) is 0.222. The average molecular weight is 564 g/mol. The van der Waals surface area contributed by atoms with E-state index in [1.807, 2.05) is 45.3 Å². The minimum atomic E-state index is 0.896. The molecule has 0 saturated carbocycles. The summed E-state index contributed by atoms with van der Waals surface area (Å²) in [6, 6.07) is 12.7. The van der Waals surface area contributed by atoms with E-state index in [9.17, 15) is 0 Å². The SMILES string of the molecule is C=CC.CCCCN(CCC)CCCC.CCc1cc2nccc(C)c2cc1CC.CNc1ccc(C)cc1OC. The third kappa shape index (κ3) is 15.1. The number of unbranched alkanes of at least 4 members (excludes halogenated alkanes) is 2. The first kappa shape index (κ1) is 38.1. The number of hydrogen-bond donors (Lipinski definition) is 1. The highest BCUT2D eigenvalue weighted by molar-refractivity contribution is 5.83. The first-order valence-corrected chi connectivity index (χ1v) is 15.8. The van der Waals surface area contributed by atoms with Gasteiger partial charge in [0.15, 0.2) is 0 Å². The Kier molecular flexibility index (Phi) is 22.2. The van der Waals surface area contributed by atoms with Crippen molar-refractivity contribution in [1.29, 1.82) is 0 Å². The molecule has 230 valence electrons. The summed E-state index contributed by atoms with van der Waals surface area (Å²) >= 11 is 0. The number of aryl methyl sites for hydroxylation is 4. The third-order valence-corrected chi connectivity index (χ3v) is 6.86. The molecular weight excluding hydrogens is 502 g/mol. The van der Waals surface area contributed by atoms with Gasteiger partial charge in [-0.3, -0.25) is 4.98 Å². The Bertz CT molecular complexity index is 1080. The van der Waals surface area contributed by atoms with Crippen molar-refractivity contribution in [1.82, 2.24) is 9.88 Å². The highest BCUT2D eigenvalue weighted by Gasteiger charge is 2.04. The Morgan fingerprint density at radius 1 is 0.854 bits per heavy atom. The lowest BCUT2D eigenvalue weighted by Crippen LogP contribution is -2.26. The Hall–Kier alpha value is -2.85. The Balaban J connectivity index is 0.000000566. The second-order valence-corrected chi connectivity index (χ2v) is 10.4. The molecule has 1 heterocycles. The molecule has 3 rings (SSSR count). The second-order valence-electron chi connectivity index (χ2n) is 10.4. The number of allylic oxidation sites excluding steroid dienone is 1. The molecule has 4 nitrogen and oxygen atoms in total. The first-order chi connectivity index (χ1) is 19.8. The van der Waals surface area contributed by atoms with Gasteiger partial charge in [0.1, 0.15) is 5.75 Å². The summed E-state index contributed by atoms with van der Waals surface area (Å²) in [6.45, 7) is 24.6. The van der Waals surface area contributed by atoms with Crippen LogP contribution < -0.4 is 10.1 Å². The number of anilines is 1. The second kappa shape index (κ2) is 23.8. The van der Waals surface area contributed by atoms with Gasteiger partial charge in [-0.15, -0.1) is 6.58 Å².